The molecule has 0 amide bonds. The van der Waals surface area contributed by atoms with E-state index in [1.165, 1.54) is 37.4 Å². The number of aryl methyl sites for hydroxylation is 1. The van der Waals surface area contributed by atoms with Gasteiger partial charge in [-0.05, 0) is 42.8 Å². The fraction of sp³-hybridized carbons (Fsp3) is 0.105. The molecule has 2 aromatic carbocycles. The maximum Gasteiger partial charge on any atom is 0.350 e. The van der Waals surface area contributed by atoms with Gasteiger partial charge in [0.15, 0.2) is 0 Å². The molecule has 0 fully saturated rings. The summed E-state index contributed by atoms with van der Waals surface area (Å²) < 4.78 is 45.7. The van der Waals surface area contributed by atoms with Gasteiger partial charge in [0, 0.05) is 4.88 Å². The molecule has 0 radical (unpaired) electrons. The Morgan fingerprint density at radius 3 is 2.30 bits per heavy atom. The topological polar surface area (TPSA) is 72.5 Å². The molecule has 1 aromatic heterocycles. The van der Waals surface area contributed by atoms with Crippen LogP contribution in [0.5, 0.6) is 0 Å². The lowest BCUT2D eigenvalue weighted by atomic mass is 10.2. The Labute approximate surface area is 160 Å². The van der Waals surface area contributed by atoms with Crippen molar-refractivity contribution in [1.82, 2.24) is 0 Å². The predicted octanol–water partition coefficient (Wildman–Crippen LogP) is 4.45. The lowest BCUT2D eigenvalue weighted by Gasteiger charge is -2.08. The summed E-state index contributed by atoms with van der Waals surface area (Å²) in [6.45, 7) is 1.85. The molecule has 140 valence electrons. The van der Waals surface area contributed by atoms with Gasteiger partial charge in [-0.25, -0.2) is 17.6 Å². The zero-order valence-corrected chi connectivity index (χ0v) is 16.2. The highest BCUT2D eigenvalue weighted by atomic mass is 32.2. The van der Waals surface area contributed by atoms with Crippen LogP contribution in [0.2, 0.25) is 0 Å². The summed E-state index contributed by atoms with van der Waals surface area (Å²) in [4.78, 5) is 12.9. The molecular formula is C19H16FNO4S2. The number of halogens is 1. The Hall–Kier alpha value is -2.71. The van der Waals surface area contributed by atoms with Crippen molar-refractivity contribution in [2.24, 2.45) is 0 Å². The highest BCUT2D eigenvalue weighted by Gasteiger charge is 2.23. The highest BCUT2D eigenvalue weighted by molar-refractivity contribution is 7.92. The molecule has 3 rings (SSSR count). The first-order chi connectivity index (χ1) is 12.8. The Bertz CT molecular complexity index is 1070. The molecule has 0 unspecified atom stereocenters. The van der Waals surface area contributed by atoms with E-state index in [0.29, 0.717) is 10.4 Å². The number of ether oxygens (including phenoxy) is 1. The number of carbonyl (C=O) groups excluding carboxylic acids is 1. The van der Waals surface area contributed by atoms with E-state index in [-0.39, 0.29) is 21.3 Å². The second kappa shape index (κ2) is 7.50. The van der Waals surface area contributed by atoms with E-state index in [0.717, 1.165) is 16.9 Å². The molecular weight excluding hydrogens is 389 g/mol. The van der Waals surface area contributed by atoms with Crippen molar-refractivity contribution >= 4 is 33.0 Å². The number of esters is 1. The molecule has 0 aliphatic heterocycles. The van der Waals surface area contributed by atoms with E-state index in [4.69, 9.17) is 4.74 Å². The van der Waals surface area contributed by atoms with E-state index < -0.39 is 16.0 Å². The van der Waals surface area contributed by atoms with Crippen molar-refractivity contribution in [3.8, 4) is 10.4 Å². The summed E-state index contributed by atoms with van der Waals surface area (Å²) in [6, 6.07) is 13.6. The maximum absolute atomic E-state index is 13.1. The Balaban J connectivity index is 2.01. The monoisotopic (exact) mass is 405 g/mol. The number of methoxy groups -OCH3 is 1. The molecule has 0 aliphatic rings. The molecule has 0 spiro atoms. The second-order valence-electron chi connectivity index (χ2n) is 5.77. The Morgan fingerprint density at radius 2 is 1.70 bits per heavy atom. The maximum atomic E-state index is 13.1. The second-order valence-corrected chi connectivity index (χ2v) is 8.51. The van der Waals surface area contributed by atoms with Crippen LogP contribution in [0.15, 0.2) is 59.5 Å². The van der Waals surface area contributed by atoms with E-state index >= 15 is 0 Å². The smallest absolute Gasteiger partial charge is 0.350 e. The van der Waals surface area contributed by atoms with E-state index in [9.17, 15) is 17.6 Å². The van der Waals surface area contributed by atoms with Gasteiger partial charge in [0.05, 0.1) is 17.7 Å². The lowest BCUT2D eigenvalue weighted by Crippen LogP contribution is -2.14. The average Bonchev–Trinajstić information content (AvgIpc) is 3.05. The van der Waals surface area contributed by atoms with Crippen molar-refractivity contribution in [3.63, 3.8) is 0 Å². The van der Waals surface area contributed by atoms with Crippen LogP contribution >= 0.6 is 11.3 Å². The molecule has 3 aromatic rings. The number of benzene rings is 2. The number of rotatable bonds is 5. The van der Waals surface area contributed by atoms with E-state index in [1.807, 2.05) is 6.92 Å². The van der Waals surface area contributed by atoms with Gasteiger partial charge in [-0.15, -0.1) is 11.3 Å². The van der Waals surface area contributed by atoms with Crippen molar-refractivity contribution in [3.05, 3.63) is 70.9 Å². The Morgan fingerprint density at radius 1 is 1.07 bits per heavy atom. The molecule has 8 heteroatoms. The first-order valence-electron chi connectivity index (χ1n) is 7.88. The zero-order valence-electron chi connectivity index (χ0n) is 14.5. The van der Waals surface area contributed by atoms with Gasteiger partial charge in [0.25, 0.3) is 10.0 Å². The van der Waals surface area contributed by atoms with Gasteiger partial charge in [0.2, 0.25) is 0 Å². The minimum Gasteiger partial charge on any atom is -0.465 e. The average molecular weight is 405 g/mol. The lowest BCUT2D eigenvalue weighted by molar-refractivity contribution is 0.0607. The van der Waals surface area contributed by atoms with Crippen LogP contribution in [-0.4, -0.2) is 21.5 Å². The standard InChI is InChI=1S/C19H16FNO4S2/c1-12-3-9-15(10-4-12)27(23,24)21-16-11-17(26-18(16)19(22)25-2)13-5-7-14(20)8-6-13/h3-11,21H,1-2H3. The molecule has 1 N–H and O–H groups in total. The van der Waals surface area contributed by atoms with Gasteiger partial charge < -0.3 is 4.74 Å². The molecule has 0 saturated heterocycles. The summed E-state index contributed by atoms with van der Waals surface area (Å²) in [6.07, 6.45) is 0. The third kappa shape index (κ3) is 4.17. The summed E-state index contributed by atoms with van der Waals surface area (Å²) in [5, 5.41) is 0. The van der Waals surface area contributed by atoms with Crippen LogP contribution in [0, 0.1) is 12.7 Å². The van der Waals surface area contributed by atoms with Gasteiger partial charge in [-0.2, -0.15) is 0 Å². The minimum atomic E-state index is -3.88. The summed E-state index contributed by atoms with van der Waals surface area (Å²) in [5.74, 6) is -1.04. The van der Waals surface area contributed by atoms with E-state index in [1.54, 1.807) is 24.3 Å². The minimum absolute atomic E-state index is 0.0819. The summed E-state index contributed by atoms with van der Waals surface area (Å²) >= 11 is 1.07. The molecule has 0 saturated carbocycles. The number of hydrogen-bond acceptors (Lipinski definition) is 5. The number of anilines is 1. The van der Waals surface area contributed by atoms with Gasteiger partial charge in [0.1, 0.15) is 10.7 Å². The molecule has 1 heterocycles. The van der Waals surface area contributed by atoms with Crippen LogP contribution in [0.4, 0.5) is 10.1 Å². The molecule has 0 bridgehead atoms. The third-order valence-electron chi connectivity index (χ3n) is 3.81. The number of hydrogen-bond donors (Lipinski definition) is 1. The first kappa shape index (κ1) is 19.1. The van der Waals surface area contributed by atoms with Crippen LogP contribution < -0.4 is 4.72 Å². The third-order valence-corrected chi connectivity index (χ3v) is 6.35. The first-order valence-corrected chi connectivity index (χ1v) is 10.2. The number of carbonyl (C=O) groups is 1. The Kier molecular flexibility index (Phi) is 5.29. The van der Waals surface area contributed by atoms with Crippen LogP contribution in [0.3, 0.4) is 0 Å². The van der Waals surface area contributed by atoms with Gasteiger partial charge in [-0.1, -0.05) is 29.8 Å². The SMILES string of the molecule is COC(=O)c1sc(-c2ccc(F)cc2)cc1NS(=O)(=O)c1ccc(C)cc1. The normalized spacial score (nSPS) is 11.2. The fourth-order valence-electron chi connectivity index (χ4n) is 2.39. The zero-order chi connectivity index (χ0) is 19.6. The number of sulfonamides is 1. The predicted molar refractivity (Wildman–Crippen MR) is 103 cm³/mol. The fourth-order valence-corrected chi connectivity index (χ4v) is 4.55. The van der Waals surface area contributed by atoms with Crippen molar-refractivity contribution in [1.29, 1.82) is 0 Å². The van der Waals surface area contributed by atoms with Crippen molar-refractivity contribution in [2.45, 2.75) is 11.8 Å². The van der Waals surface area contributed by atoms with Crippen molar-refractivity contribution in [2.75, 3.05) is 11.8 Å². The quantitative estimate of drug-likeness (QED) is 0.637. The largest absolute Gasteiger partial charge is 0.465 e. The van der Waals surface area contributed by atoms with Gasteiger partial charge in [-0.3, -0.25) is 4.72 Å². The highest BCUT2D eigenvalue weighted by Crippen LogP contribution is 2.36. The molecule has 0 atom stereocenters. The molecule has 5 nitrogen and oxygen atoms in total. The summed E-state index contributed by atoms with van der Waals surface area (Å²) in [5.41, 5.74) is 1.71. The van der Waals surface area contributed by atoms with Crippen LogP contribution in [-0.2, 0) is 14.8 Å². The number of thiophene rings is 1. The number of nitrogens with one attached hydrogen (secondary N) is 1. The molecule has 27 heavy (non-hydrogen) atoms. The van der Waals surface area contributed by atoms with E-state index in [2.05, 4.69) is 4.72 Å². The van der Waals surface area contributed by atoms with Crippen LogP contribution in [0.25, 0.3) is 10.4 Å². The van der Waals surface area contributed by atoms with Crippen molar-refractivity contribution < 1.29 is 22.3 Å². The van der Waals surface area contributed by atoms with Gasteiger partial charge >= 0.3 is 5.97 Å². The van der Waals surface area contributed by atoms with Crippen LogP contribution in [0.1, 0.15) is 15.2 Å². The molecule has 0 aliphatic carbocycles. The summed E-state index contributed by atoms with van der Waals surface area (Å²) in [7, 11) is -2.66.